The molecule has 0 aliphatic heterocycles. The van der Waals surface area contributed by atoms with Gasteiger partial charge >= 0.3 is 0 Å². The normalized spacial score (nSPS) is 10.1. The maximum atomic E-state index is 11.7. The zero-order valence-corrected chi connectivity index (χ0v) is 9.97. The fourth-order valence-electron chi connectivity index (χ4n) is 1.02. The van der Waals surface area contributed by atoms with Crippen molar-refractivity contribution in [1.82, 2.24) is 14.8 Å². The van der Waals surface area contributed by atoms with Crippen LogP contribution in [-0.4, -0.2) is 20.7 Å². The quantitative estimate of drug-likeness (QED) is 0.914. The summed E-state index contributed by atoms with van der Waals surface area (Å²) in [6, 6.07) is 4.62. The number of carbonyl (C=O) groups is 1. The van der Waals surface area contributed by atoms with Gasteiger partial charge in [0.25, 0.3) is 5.91 Å². The van der Waals surface area contributed by atoms with Gasteiger partial charge in [-0.2, -0.15) is 0 Å². The lowest BCUT2D eigenvalue weighted by atomic mass is 10.2. The summed E-state index contributed by atoms with van der Waals surface area (Å²) < 4.78 is 3.52. The van der Waals surface area contributed by atoms with Crippen LogP contribution in [0.2, 0.25) is 10.0 Å². The number of anilines is 1. The number of rotatable bonds is 2. The third-order valence-electron chi connectivity index (χ3n) is 1.70. The zero-order valence-electron chi connectivity index (χ0n) is 7.65. The van der Waals surface area contributed by atoms with Crippen molar-refractivity contribution in [3.8, 4) is 0 Å². The van der Waals surface area contributed by atoms with Gasteiger partial charge in [-0.25, -0.2) is 0 Å². The first-order valence-corrected chi connectivity index (χ1v) is 5.61. The maximum absolute atomic E-state index is 11.7. The average molecular weight is 275 g/mol. The topological polar surface area (TPSA) is 67.8 Å². The molecule has 1 N–H and O–H groups in total. The Morgan fingerprint density at radius 3 is 2.81 bits per heavy atom. The Morgan fingerprint density at radius 1 is 1.38 bits per heavy atom. The molecule has 0 unspecified atom stereocenters. The Hall–Kier alpha value is -1.24. The van der Waals surface area contributed by atoms with E-state index < -0.39 is 0 Å². The van der Waals surface area contributed by atoms with E-state index in [1.165, 1.54) is 12.1 Å². The van der Waals surface area contributed by atoms with Crippen molar-refractivity contribution in [1.29, 1.82) is 0 Å². The number of carbonyl (C=O) groups excluding carboxylic acids is 1. The summed E-state index contributed by atoms with van der Waals surface area (Å²) in [7, 11) is 0. The Kier molecular flexibility index (Phi) is 3.33. The summed E-state index contributed by atoms with van der Waals surface area (Å²) in [5.74, 6) is -0.375. The number of benzene rings is 1. The second-order valence-electron chi connectivity index (χ2n) is 2.75. The van der Waals surface area contributed by atoms with Crippen molar-refractivity contribution in [3.05, 3.63) is 33.8 Å². The molecule has 0 saturated carbocycles. The molecule has 1 amide bonds. The summed E-state index contributed by atoms with van der Waals surface area (Å²) in [5.41, 5.74) is 0.321. The van der Waals surface area contributed by atoms with Crippen molar-refractivity contribution in [3.63, 3.8) is 0 Å². The smallest absolute Gasteiger partial charge is 0.259 e. The second kappa shape index (κ2) is 4.73. The number of aromatic nitrogens is 3. The lowest BCUT2D eigenvalue weighted by Crippen LogP contribution is -2.12. The Morgan fingerprint density at radius 2 is 2.19 bits per heavy atom. The number of halogens is 2. The fourth-order valence-corrected chi connectivity index (χ4v) is 1.88. The standard InChI is InChI=1S/C8H4Cl2N4OS/c9-4-1-2-5(6(10)3-4)7(15)11-8-12-13-14-16-8/h1-3H,(H,11,12,14,15). The Balaban J connectivity index is 2.21. The van der Waals surface area contributed by atoms with E-state index in [9.17, 15) is 4.79 Å². The first kappa shape index (κ1) is 11.3. The SMILES string of the molecule is O=C(Nc1nnns1)c1ccc(Cl)cc1Cl. The molecular weight excluding hydrogens is 271 g/mol. The third kappa shape index (κ3) is 2.46. The van der Waals surface area contributed by atoms with Crippen LogP contribution in [0, 0.1) is 0 Å². The van der Waals surface area contributed by atoms with Gasteiger partial charge in [0, 0.05) is 16.6 Å². The van der Waals surface area contributed by atoms with Gasteiger partial charge in [-0.3, -0.25) is 10.1 Å². The van der Waals surface area contributed by atoms with Crippen LogP contribution in [0.1, 0.15) is 10.4 Å². The lowest BCUT2D eigenvalue weighted by Gasteiger charge is -2.03. The minimum atomic E-state index is -0.375. The van der Waals surface area contributed by atoms with E-state index in [-0.39, 0.29) is 10.9 Å². The highest BCUT2D eigenvalue weighted by Crippen LogP contribution is 2.21. The fraction of sp³-hybridized carbons (Fsp3) is 0. The molecule has 1 aromatic heterocycles. The molecule has 0 spiro atoms. The molecule has 0 atom stereocenters. The molecule has 0 aliphatic rings. The first-order valence-electron chi connectivity index (χ1n) is 4.08. The van der Waals surface area contributed by atoms with Crippen molar-refractivity contribution in [2.75, 3.05) is 5.32 Å². The van der Waals surface area contributed by atoms with E-state index in [0.29, 0.717) is 15.7 Å². The molecule has 0 saturated heterocycles. The first-order chi connectivity index (χ1) is 7.66. The molecule has 0 aliphatic carbocycles. The largest absolute Gasteiger partial charge is 0.295 e. The number of amides is 1. The van der Waals surface area contributed by atoms with Gasteiger partial charge in [-0.05, 0) is 23.4 Å². The number of hydrogen-bond donors (Lipinski definition) is 1. The molecule has 0 bridgehead atoms. The van der Waals surface area contributed by atoms with E-state index in [4.69, 9.17) is 23.2 Å². The van der Waals surface area contributed by atoms with Gasteiger partial charge in [-0.1, -0.05) is 32.8 Å². The predicted molar refractivity (Wildman–Crippen MR) is 62.1 cm³/mol. The van der Waals surface area contributed by atoms with E-state index in [1.807, 2.05) is 0 Å². The van der Waals surface area contributed by atoms with E-state index in [0.717, 1.165) is 11.5 Å². The van der Waals surface area contributed by atoms with E-state index >= 15 is 0 Å². The van der Waals surface area contributed by atoms with Crippen LogP contribution >= 0.6 is 34.7 Å². The van der Waals surface area contributed by atoms with Gasteiger partial charge in [0.15, 0.2) is 0 Å². The highest BCUT2D eigenvalue weighted by molar-refractivity contribution is 7.09. The van der Waals surface area contributed by atoms with Gasteiger partial charge in [-0.15, -0.1) is 0 Å². The van der Waals surface area contributed by atoms with Gasteiger partial charge < -0.3 is 0 Å². The molecule has 5 nitrogen and oxygen atoms in total. The molecule has 1 heterocycles. The molecule has 1 aromatic carbocycles. The molecule has 82 valence electrons. The Bertz CT molecular complexity index is 517. The summed E-state index contributed by atoms with van der Waals surface area (Å²) in [6.45, 7) is 0. The minimum Gasteiger partial charge on any atom is -0.295 e. The lowest BCUT2D eigenvalue weighted by molar-refractivity contribution is 0.102. The van der Waals surface area contributed by atoms with Crippen molar-refractivity contribution < 1.29 is 4.79 Å². The van der Waals surface area contributed by atoms with Gasteiger partial charge in [0.05, 0.1) is 10.6 Å². The van der Waals surface area contributed by atoms with Crippen LogP contribution in [0.15, 0.2) is 18.2 Å². The predicted octanol–water partition coefficient (Wildman–Crippen LogP) is 2.49. The van der Waals surface area contributed by atoms with Crippen LogP contribution in [0.25, 0.3) is 0 Å². The van der Waals surface area contributed by atoms with Crippen LogP contribution in [0.3, 0.4) is 0 Å². The molecule has 0 radical (unpaired) electrons. The number of nitrogens with one attached hydrogen (secondary N) is 1. The molecule has 16 heavy (non-hydrogen) atoms. The highest BCUT2D eigenvalue weighted by atomic mass is 35.5. The molecule has 2 aromatic rings. The van der Waals surface area contributed by atoms with Crippen LogP contribution in [0.5, 0.6) is 0 Å². The number of nitrogens with zero attached hydrogens (tertiary/aromatic N) is 3. The van der Waals surface area contributed by atoms with Crippen molar-refractivity contribution in [2.45, 2.75) is 0 Å². The third-order valence-corrected chi connectivity index (χ3v) is 2.75. The number of hydrogen-bond acceptors (Lipinski definition) is 5. The molecule has 0 fully saturated rings. The summed E-state index contributed by atoms with van der Waals surface area (Å²) >= 11 is 12.6. The monoisotopic (exact) mass is 274 g/mol. The zero-order chi connectivity index (χ0) is 11.5. The average Bonchev–Trinajstić information content (AvgIpc) is 2.70. The van der Waals surface area contributed by atoms with E-state index in [1.54, 1.807) is 6.07 Å². The van der Waals surface area contributed by atoms with Crippen LogP contribution in [0.4, 0.5) is 5.13 Å². The van der Waals surface area contributed by atoms with Crippen LogP contribution in [-0.2, 0) is 0 Å². The highest BCUT2D eigenvalue weighted by Gasteiger charge is 2.12. The second-order valence-corrected chi connectivity index (χ2v) is 4.32. The van der Waals surface area contributed by atoms with Gasteiger partial charge in [0.2, 0.25) is 5.13 Å². The maximum Gasteiger partial charge on any atom is 0.259 e. The van der Waals surface area contributed by atoms with Crippen LogP contribution < -0.4 is 5.32 Å². The molecular formula is C8H4Cl2N4OS. The molecule has 2 rings (SSSR count). The van der Waals surface area contributed by atoms with E-state index in [2.05, 4.69) is 20.1 Å². The molecule has 8 heteroatoms. The van der Waals surface area contributed by atoms with Crippen molar-refractivity contribution >= 4 is 45.8 Å². The Labute approximate surface area is 105 Å². The minimum absolute atomic E-state index is 0.280. The summed E-state index contributed by atoms with van der Waals surface area (Å²) in [6.07, 6.45) is 0. The van der Waals surface area contributed by atoms with Crippen molar-refractivity contribution in [2.24, 2.45) is 0 Å². The van der Waals surface area contributed by atoms with Gasteiger partial charge in [0.1, 0.15) is 0 Å². The summed E-state index contributed by atoms with van der Waals surface area (Å²) in [4.78, 5) is 11.7. The summed E-state index contributed by atoms with van der Waals surface area (Å²) in [5, 5.41) is 10.5.